The van der Waals surface area contributed by atoms with Gasteiger partial charge < -0.3 is 20.4 Å². The summed E-state index contributed by atoms with van der Waals surface area (Å²) < 4.78 is 40.3. The maximum Gasteiger partial charge on any atom is 0.418 e. The molecule has 0 spiro atoms. The molecule has 1 aliphatic heterocycles. The van der Waals surface area contributed by atoms with Gasteiger partial charge in [0.2, 0.25) is 11.8 Å². The number of alkyl halides is 3. The third kappa shape index (κ3) is 7.19. The predicted octanol–water partition coefficient (Wildman–Crippen LogP) is 3.69. The van der Waals surface area contributed by atoms with Gasteiger partial charge in [-0.15, -0.1) is 0 Å². The number of rotatable bonds is 10. The van der Waals surface area contributed by atoms with E-state index in [1.165, 1.54) is 17.2 Å². The first-order valence-electron chi connectivity index (χ1n) is 12.2. The monoisotopic (exact) mass is 505 g/mol. The number of fused-ring (bicyclic) bond motifs is 1. The molecule has 2 aromatic rings. The Kier molecular flexibility index (Phi) is 9.31. The van der Waals surface area contributed by atoms with Gasteiger partial charge in [0, 0.05) is 44.5 Å². The number of pyridine rings is 1. The molecule has 1 aromatic carbocycles. The van der Waals surface area contributed by atoms with Crippen molar-refractivity contribution in [3.63, 3.8) is 0 Å². The fourth-order valence-corrected chi connectivity index (χ4v) is 4.29. The van der Waals surface area contributed by atoms with E-state index in [0.29, 0.717) is 38.4 Å². The van der Waals surface area contributed by atoms with Crippen molar-refractivity contribution in [1.29, 1.82) is 0 Å². The number of hydrogen-bond donors (Lipinski definition) is 2. The Balaban J connectivity index is 1.70. The molecule has 0 saturated heterocycles. The SMILES string of the molecule is CNCCN(Cc1ncccc1C(F)(F)F)C(=O)CNc1cccc2c1CCN(C(=O)CC(C)C)C2. The highest BCUT2D eigenvalue weighted by Gasteiger charge is 2.34. The highest BCUT2D eigenvalue weighted by atomic mass is 19.4. The van der Waals surface area contributed by atoms with Gasteiger partial charge in [0.15, 0.2) is 0 Å². The average Bonchev–Trinajstić information content (AvgIpc) is 2.83. The quantitative estimate of drug-likeness (QED) is 0.515. The number of benzene rings is 1. The molecule has 1 aliphatic rings. The van der Waals surface area contributed by atoms with Crippen LogP contribution in [0.25, 0.3) is 0 Å². The summed E-state index contributed by atoms with van der Waals surface area (Å²) in [5.74, 6) is 0.102. The molecule has 0 radical (unpaired) electrons. The van der Waals surface area contributed by atoms with Gasteiger partial charge >= 0.3 is 6.18 Å². The number of nitrogens with zero attached hydrogens (tertiary/aromatic N) is 3. The molecule has 3 rings (SSSR count). The molecule has 0 bridgehead atoms. The normalized spacial score (nSPS) is 13.5. The van der Waals surface area contributed by atoms with Gasteiger partial charge in [-0.25, -0.2) is 0 Å². The standard InChI is InChI=1S/C26H34F3N5O2/c1-18(2)14-24(35)33-12-9-20-19(16-33)6-4-8-22(20)32-15-25(36)34(13-11-30-3)17-23-21(26(27,28)29)7-5-10-31-23/h4-8,10,18,30,32H,9,11-17H2,1-3H3. The molecule has 196 valence electrons. The molecule has 2 N–H and O–H groups in total. The molecule has 0 aliphatic carbocycles. The van der Waals surface area contributed by atoms with Crippen molar-refractivity contribution >= 4 is 17.5 Å². The predicted molar refractivity (Wildman–Crippen MR) is 132 cm³/mol. The lowest BCUT2D eigenvalue weighted by molar-refractivity contribution is -0.140. The highest BCUT2D eigenvalue weighted by Crippen LogP contribution is 2.31. The average molecular weight is 506 g/mol. The van der Waals surface area contributed by atoms with Crippen molar-refractivity contribution in [2.24, 2.45) is 5.92 Å². The van der Waals surface area contributed by atoms with E-state index in [9.17, 15) is 22.8 Å². The van der Waals surface area contributed by atoms with E-state index in [-0.39, 0.29) is 37.1 Å². The minimum Gasteiger partial charge on any atom is -0.376 e. The summed E-state index contributed by atoms with van der Waals surface area (Å²) >= 11 is 0. The maximum atomic E-state index is 13.4. The molecule has 36 heavy (non-hydrogen) atoms. The zero-order valence-corrected chi connectivity index (χ0v) is 21.0. The summed E-state index contributed by atoms with van der Waals surface area (Å²) in [5, 5.41) is 6.11. The summed E-state index contributed by atoms with van der Waals surface area (Å²) in [5.41, 5.74) is 1.88. The molecule has 2 heterocycles. The van der Waals surface area contributed by atoms with Gasteiger partial charge in [-0.05, 0) is 48.7 Å². The van der Waals surface area contributed by atoms with Gasteiger partial charge in [0.05, 0.1) is 24.3 Å². The summed E-state index contributed by atoms with van der Waals surface area (Å²) in [6.45, 7) is 5.55. The van der Waals surface area contributed by atoms with Crippen molar-refractivity contribution in [1.82, 2.24) is 20.1 Å². The van der Waals surface area contributed by atoms with E-state index < -0.39 is 11.7 Å². The lowest BCUT2D eigenvalue weighted by Gasteiger charge is -2.31. The van der Waals surface area contributed by atoms with Crippen LogP contribution in [0.15, 0.2) is 36.5 Å². The van der Waals surface area contributed by atoms with Crippen LogP contribution in [0.1, 0.15) is 42.7 Å². The van der Waals surface area contributed by atoms with Crippen LogP contribution >= 0.6 is 0 Å². The molecule has 0 unspecified atom stereocenters. The van der Waals surface area contributed by atoms with E-state index in [0.717, 1.165) is 22.9 Å². The van der Waals surface area contributed by atoms with Crippen LogP contribution in [-0.2, 0) is 35.3 Å². The molecule has 2 amide bonds. The van der Waals surface area contributed by atoms with E-state index in [1.54, 1.807) is 7.05 Å². The smallest absolute Gasteiger partial charge is 0.376 e. The highest BCUT2D eigenvalue weighted by molar-refractivity contribution is 5.81. The Bertz CT molecular complexity index is 1060. The first-order valence-corrected chi connectivity index (χ1v) is 12.2. The third-order valence-corrected chi connectivity index (χ3v) is 6.15. The fourth-order valence-electron chi connectivity index (χ4n) is 4.29. The van der Waals surface area contributed by atoms with Crippen molar-refractivity contribution in [3.05, 3.63) is 58.9 Å². The Morgan fingerprint density at radius 3 is 2.67 bits per heavy atom. The number of hydrogen-bond acceptors (Lipinski definition) is 5. The van der Waals surface area contributed by atoms with Crippen LogP contribution in [0, 0.1) is 5.92 Å². The van der Waals surface area contributed by atoms with Crippen LogP contribution in [-0.4, -0.2) is 59.8 Å². The molecule has 7 nitrogen and oxygen atoms in total. The van der Waals surface area contributed by atoms with Crippen LogP contribution in [0.2, 0.25) is 0 Å². The Hall–Kier alpha value is -3.14. The van der Waals surface area contributed by atoms with Crippen molar-refractivity contribution in [2.75, 3.05) is 38.5 Å². The number of halogens is 3. The summed E-state index contributed by atoms with van der Waals surface area (Å²) in [6, 6.07) is 7.97. The van der Waals surface area contributed by atoms with Gasteiger partial charge in [-0.3, -0.25) is 14.6 Å². The number of amides is 2. The van der Waals surface area contributed by atoms with E-state index in [1.807, 2.05) is 36.9 Å². The molecule has 0 saturated carbocycles. The molecule has 10 heteroatoms. The summed E-state index contributed by atoms with van der Waals surface area (Å²) in [4.78, 5) is 32.7. The number of carbonyl (C=O) groups is 2. The fraction of sp³-hybridized carbons (Fsp3) is 0.500. The Morgan fingerprint density at radius 1 is 1.19 bits per heavy atom. The van der Waals surface area contributed by atoms with E-state index in [4.69, 9.17) is 0 Å². The number of carbonyl (C=O) groups excluding carboxylic acids is 2. The summed E-state index contributed by atoms with van der Waals surface area (Å²) in [6.07, 6.45) is -2.07. The van der Waals surface area contributed by atoms with Crippen LogP contribution < -0.4 is 10.6 Å². The van der Waals surface area contributed by atoms with Gasteiger partial charge in [-0.1, -0.05) is 26.0 Å². The van der Waals surface area contributed by atoms with Gasteiger partial charge in [-0.2, -0.15) is 13.2 Å². The molecule has 0 fully saturated rings. The Morgan fingerprint density at radius 2 is 1.97 bits per heavy atom. The van der Waals surface area contributed by atoms with Gasteiger partial charge in [0.1, 0.15) is 0 Å². The second-order valence-electron chi connectivity index (χ2n) is 9.37. The van der Waals surface area contributed by atoms with E-state index in [2.05, 4.69) is 15.6 Å². The number of nitrogens with one attached hydrogen (secondary N) is 2. The second kappa shape index (κ2) is 12.2. The number of likely N-dealkylation sites (N-methyl/N-ethyl adjacent to an activating group) is 1. The summed E-state index contributed by atoms with van der Waals surface area (Å²) in [7, 11) is 1.72. The van der Waals surface area contributed by atoms with Crippen molar-refractivity contribution in [2.45, 2.75) is 46.0 Å². The molecular formula is C26H34F3N5O2. The van der Waals surface area contributed by atoms with Crippen LogP contribution in [0.4, 0.5) is 18.9 Å². The number of anilines is 1. The van der Waals surface area contributed by atoms with Crippen LogP contribution in [0.3, 0.4) is 0 Å². The topological polar surface area (TPSA) is 77.6 Å². The lowest BCUT2D eigenvalue weighted by atomic mass is 9.97. The zero-order chi connectivity index (χ0) is 26.3. The Labute approximate surface area is 210 Å². The largest absolute Gasteiger partial charge is 0.418 e. The van der Waals surface area contributed by atoms with E-state index >= 15 is 0 Å². The maximum absolute atomic E-state index is 13.4. The first kappa shape index (κ1) is 27.4. The zero-order valence-electron chi connectivity index (χ0n) is 21.0. The molecule has 0 atom stereocenters. The molecule has 1 aromatic heterocycles. The lowest BCUT2D eigenvalue weighted by Crippen LogP contribution is -2.40. The van der Waals surface area contributed by atoms with Crippen molar-refractivity contribution < 1.29 is 22.8 Å². The first-order chi connectivity index (χ1) is 17.1. The second-order valence-corrected chi connectivity index (χ2v) is 9.37. The minimum atomic E-state index is -4.55. The third-order valence-electron chi connectivity index (χ3n) is 6.15. The van der Waals surface area contributed by atoms with Crippen LogP contribution in [0.5, 0.6) is 0 Å². The van der Waals surface area contributed by atoms with Gasteiger partial charge in [0.25, 0.3) is 0 Å². The van der Waals surface area contributed by atoms with Crippen molar-refractivity contribution in [3.8, 4) is 0 Å². The number of aromatic nitrogens is 1. The minimum absolute atomic E-state index is 0.0651. The molecular weight excluding hydrogens is 471 g/mol.